The van der Waals surface area contributed by atoms with Crippen LogP contribution < -0.4 is 0 Å². The zero-order valence-electron chi connectivity index (χ0n) is 13.2. The van der Waals surface area contributed by atoms with Gasteiger partial charge in [-0.05, 0) is 12.5 Å². The molecule has 0 aliphatic carbocycles. The maximum absolute atomic E-state index is 12.7. The average Bonchev–Trinajstić information content (AvgIpc) is 3.16. The van der Waals surface area contributed by atoms with Crippen molar-refractivity contribution in [1.29, 1.82) is 0 Å². The minimum atomic E-state index is -0.564. The monoisotopic (exact) mass is 311 g/mol. The lowest BCUT2D eigenvalue weighted by Crippen LogP contribution is -2.30. The van der Waals surface area contributed by atoms with E-state index in [2.05, 4.69) is 10.1 Å². The molecule has 0 aliphatic rings. The molecule has 0 unspecified atom stereocenters. The van der Waals surface area contributed by atoms with Crippen molar-refractivity contribution in [2.24, 2.45) is 0 Å². The summed E-state index contributed by atoms with van der Waals surface area (Å²) < 4.78 is 5.05. The number of aromatic nitrogens is 2. The number of benzene rings is 1. The first-order chi connectivity index (χ1) is 11.0. The molecule has 0 atom stereocenters. The van der Waals surface area contributed by atoms with Crippen LogP contribution in [0, 0.1) is 0 Å². The van der Waals surface area contributed by atoms with E-state index >= 15 is 0 Å². The van der Waals surface area contributed by atoms with Gasteiger partial charge in [0.1, 0.15) is 6.26 Å². The van der Waals surface area contributed by atoms with Crippen LogP contribution in [0.4, 0.5) is 0 Å². The summed E-state index contributed by atoms with van der Waals surface area (Å²) in [6.07, 6.45) is 2.16. The number of carbonyl (C=O) groups excluding carboxylic acids is 2. The van der Waals surface area contributed by atoms with E-state index < -0.39 is 11.7 Å². The molecular weight excluding hydrogens is 294 g/mol. The molecule has 0 radical (unpaired) electrons. The number of H-pyrrole nitrogens is 1. The lowest BCUT2D eigenvalue weighted by molar-refractivity contribution is -0.124. The third-order valence-corrected chi connectivity index (χ3v) is 3.78. The van der Waals surface area contributed by atoms with Crippen molar-refractivity contribution < 1.29 is 14.1 Å². The van der Waals surface area contributed by atoms with E-state index in [0.29, 0.717) is 28.6 Å². The fourth-order valence-corrected chi connectivity index (χ4v) is 2.61. The number of para-hydroxylation sites is 1. The normalized spacial score (nSPS) is 10.9. The molecule has 1 N–H and O–H groups in total. The van der Waals surface area contributed by atoms with Gasteiger partial charge in [0, 0.05) is 25.0 Å². The quantitative estimate of drug-likeness (QED) is 0.593. The molecule has 3 aromatic rings. The molecule has 23 heavy (non-hydrogen) atoms. The fourth-order valence-electron chi connectivity index (χ4n) is 2.61. The van der Waals surface area contributed by atoms with Crippen LogP contribution in [-0.4, -0.2) is 40.8 Å². The van der Waals surface area contributed by atoms with Crippen LogP contribution in [-0.2, 0) is 11.2 Å². The molecule has 2 aromatic heterocycles. The van der Waals surface area contributed by atoms with Crippen LogP contribution >= 0.6 is 0 Å². The maximum atomic E-state index is 12.7. The zero-order chi connectivity index (χ0) is 16.6. The molecule has 3 rings (SSSR count). The smallest absolute Gasteiger partial charge is 0.294 e. The molecule has 1 aromatic carbocycles. The Labute approximate surface area is 133 Å². The summed E-state index contributed by atoms with van der Waals surface area (Å²) in [5.41, 5.74) is 3.17. The Hall–Kier alpha value is -2.89. The predicted octanol–water partition coefficient (Wildman–Crippen LogP) is 2.66. The standard InChI is InChI=1S/C17H17N3O3/c1-4-12-11(9-23-19-12)15-14(16(21)17(22)20(2)3)10-7-5-6-8-13(10)18-15/h5-9,18H,4H2,1-3H3. The van der Waals surface area contributed by atoms with Crippen molar-refractivity contribution in [3.05, 3.63) is 41.8 Å². The number of Topliss-reactive ketones (excluding diaryl/α,β-unsaturated/α-hetero) is 1. The molecule has 1 amide bonds. The number of nitrogens with one attached hydrogen (secondary N) is 1. The molecule has 2 heterocycles. The second kappa shape index (κ2) is 5.72. The first kappa shape index (κ1) is 15.0. The van der Waals surface area contributed by atoms with E-state index in [-0.39, 0.29) is 0 Å². The first-order valence-corrected chi connectivity index (χ1v) is 7.34. The number of likely N-dealkylation sites (N-methyl/N-ethyl adjacent to an activating group) is 1. The highest BCUT2D eigenvalue weighted by Crippen LogP contribution is 2.32. The largest absolute Gasteiger partial charge is 0.364 e. The van der Waals surface area contributed by atoms with Gasteiger partial charge < -0.3 is 14.4 Å². The highest BCUT2D eigenvalue weighted by molar-refractivity contribution is 6.46. The summed E-state index contributed by atoms with van der Waals surface area (Å²) in [5.74, 6) is -1.11. The number of carbonyl (C=O) groups is 2. The van der Waals surface area contributed by atoms with Gasteiger partial charge in [-0.1, -0.05) is 30.3 Å². The van der Waals surface area contributed by atoms with Gasteiger partial charge in [-0.2, -0.15) is 0 Å². The van der Waals surface area contributed by atoms with Gasteiger partial charge in [0.05, 0.1) is 22.5 Å². The van der Waals surface area contributed by atoms with E-state index in [0.717, 1.165) is 11.2 Å². The van der Waals surface area contributed by atoms with E-state index in [9.17, 15) is 9.59 Å². The van der Waals surface area contributed by atoms with Crippen LogP contribution in [0.25, 0.3) is 22.2 Å². The SMILES string of the molecule is CCc1nocc1-c1[nH]c2ccccc2c1C(=O)C(=O)N(C)C. The number of aromatic amines is 1. The number of aryl methyl sites for hydroxylation is 1. The minimum absolute atomic E-state index is 0.359. The van der Waals surface area contributed by atoms with E-state index in [1.54, 1.807) is 14.1 Å². The maximum Gasteiger partial charge on any atom is 0.294 e. The fraction of sp³-hybridized carbons (Fsp3) is 0.235. The Morgan fingerprint density at radius 2 is 2.00 bits per heavy atom. The molecule has 118 valence electrons. The van der Waals surface area contributed by atoms with Crippen molar-refractivity contribution in [3.8, 4) is 11.3 Å². The van der Waals surface area contributed by atoms with Crippen molar-refractivity contribution in [2.75, 3.05) is 14.1 Å². The molecule has 0 saturated heterocycles. The Balaban J connectivity index is 2.28. The lowest BCUT2D eigenvalue weighted by Gasteiger charge is -2.09. The number of ketones is 1. The summed E-state index contributed by atoms with van der Waals surface area (Å²) in [7, 11) is 3.12. The molecule has 6 heteroatoms. The van der Waals surface area contributed by atoms with Crippen molar-refractivity contribution in [2.45, 2.75) is 13.3 Å². The van der Waals surface area contributed by atoms with Gasteiger partial charge in [0.15, 0.2) is 0 Å². The Morgan fingerprint density at radius 3 is 2.70 bits per heavy atom. The van der Waals surface area contributed by atoms with E-state index in [1.165, 1.54) is 11.2 Å². The van der Waals surface area contributed by atoms with Crippen LogP contribution in [0.1, 0.15) is 23.0 Å². The van der Waals surface area contributed by atoms with Gasteiger partial charge in [-0.25, -0.2) is 0 Å². The van der Waals surface area contributed by atoms with Gasteiger partial charge in [0.25, 0.3) is 11.7 Å². The summed E-state index contributed by atoms with van der Waals surface area (Å²) >= 11 is 0. The van der Waals surface area contributed by atoms with Crippen LogP contribution in [0.5, 0.6) is 0 Å². The molecule has 0 spiro atoms. The molecule has 0 bridgehead atoms. The second-order valence-electron chi connectivity index (χ2n) is 5.48. The van der Waals surface area contributed by atoms with E-state index in [4.69, 9.17) is 4.52 Å². The molecule has 0 saturated carbocycles. The number of amides is 1. The third-order valence-electron chi connectivity index (χ3n) is 3.78. The highest BCUT2D eigenvalue weighted by atomic mass is 16.5. The highest BCUT2D eigenvalue weighted by Gasteiger charge is 2.27. The topological polar surface area (TPSA) is 79.2 Å². The first-order valence-electron chi connectivity index (χ1n) is 7.34. The summed E-state index contributed by atoms with van der Waals surface area (Å²) in [6, 6.07) is 7.41. The van der Waals surface area contributed by atoms with Gasteiger partial charge in [0.2, 0.25) is 0 Å². The molecule has 6 nitrogen and oxygen atoms in total. The van der Waals surface area contributed by atoms with Crippen LogP contribution in [0.2, 0.25) is 0 Å². The molecule has 0 aliphatic heterocycles. The van der Waals surface area contributed by atoms with Crippen molar-refractivity contribution >= 4 is 22.6 Å². The number of fused-ring (bicyclic) bond motifs is 1. The Morgan fingerprint density at radius 1 is 1.26 bits per heavy atom. The van der Waals surface area contributed by atoms with Crippen LogP contribution in [0.15, 0.2) is 35.1 Å². The Bertz CT molecular complexity index is 890. The van der Waals surface area contributed by atoms with Gasteiger partial charge in [-0.3, -0.25) is 9.59 Å². The third kappa shape index (κ3) is 2.42. The van der Waals surface area contributed by atoms with Gasteiger partial charge in [-0.15, -0.1) is 0 Å². The second-order valence-corrected chi connectivity index (χ2v) is 5.48. The molecule has 0 fully saturated rings. The molecular formula is C17H17N3O3. The van der Waals surface area contributed by atoms with Crippen molar-refractivity contribution in [3.63, 3.8) is 0 Å². The number of hydrogen-bond donors (Lipinski definition) is 1. The number of nitrogens with zero attached hydrogens (tertiary/aromatic N) is 2. The summed E-state index contributed by atoms with van der Waals surface area (Å²) in [5, 5.41) is 4.67. The average molecular weight is 311 g/mol. The summed E-state index contributed by atoms with van der Waals surface area (Å²) in [6.45, 7) is 1.95. The number of hydrogen-bond acceptors (Lipinski definition) is 4. The number of rotatable bonds is 4. The summed E-state index contributed by atoms with van der Waals surface area (Å²) in [4.78, 5) is 29.4. The van der Waals surface area contributed by atoms with E-state index in [1.807, 2.05) is 31.2 Å². The minimum Gasteiger partial charge on any atom is -0.364 e. The predicted molar refractivity (Wildman–Crippen MR) is 86.2 cm³/mol. The van der Waals surface area contributed by atoms with Crippen LogP contribution in [0.3, 0.4) is 0 Å². The Kier molecular flexibility index (Phi) is 3.73. The van der Waals surface area contributed by atoms with Gasteiger partial charge >= 0.3 is 0 Å². The zero-order valence-corrected chi connectivity index (χ0v) is 13.2. The lowest BCUT2D eigenvalue weighted by atomic mass is 10.0. The van der Waals surface area contributed by atoms with Crippen molar-refractivity contribution in [1.82, 2.24) is 15.0 Å².